The Bertz CT molecular complexity index is 1090. The lowest BCUT2D eigenvalue weighted by atomic mass is 10.2. The normalized spacial score (nSPS) is 10.7. The van der Waals surface area contributed by atoms with Crippen molar-refractivity contribution in [2.24, 2.45) is 0 Å². The summed E-state index contributed by atoms with van der Waals surface area (Å²) in [5.74, 6) is 2.14. The van der Waals surface area contributed by atoms with Crippen molar-refractivity contribution in [3.8, 4) is 22.9 Å². The molecular formula is C22H25ClN4O3S. The van der Waals surface area contributed by atoms with Crippen molar-refractivity contribution < 1.29 is 14.3 Å². The summed E-state index contributed by atoms with van der Waals surface area (Å²) in [6, 6.07) is 13.0. The smallest absolute Gasteiger partial charge is 0.224 e. The van der Waals surface area contributed by atoms with Gasteiger partial charge in [-0.1, -0.05) is 11.6 Å². The minimum atomic E-state index is -0.0252. The van der Waals surface area contributed by atoms with E-state index in [4.69, 9.17) is 33.3 Å². The maximum absolute atomic E-state index is 12.8. The SMILES string of the molecule is CCOc1ccc(-c2n[nH]c(=S)n2CCC(=O)N(C)Cc2cc(Cl)ccc2OC)cc1. The molecule has 31 heavy (non-hydrogen) atoms. The number of hydrogen-bond acceptors (Lipinski definition) is 5. The van der Waals surface area contributed by atoms with Gasteiger partial charge in [-0.25, -0.2) is 0 Å². The Hall–Kier alpha value is -2.84. The lowest BCUT2D eigenvalue weighted by Crippen LogP contribution is -2.27. The van der Waals surface area contributed by atoms with E-state index >= 15 is 0 Å². The number of hydrogen-bond donors (Lipinski definition) is 1. The van der Waals surface area contributed by atoms with Gasteiger partial charge in [-0.3, -0.25) is 14.5 Å². The number of methoxy groups -OCH3 is 1. The molecule has 0 atom stereocenters. The van der Waals surface area contributed by atoms with Gasteiger partial charge in [0.25, 0.3) is 0 Å². The third-order valence-corrected chi connectivity index (χ3v) is 5.35. The molecule has 9 heteroatoms. The first-order chi connectivity index (χ1) is 14.9. The van der Waals surface area contributed by atoms with Crippen LogP contribution >= 0.6 is 23.8 Å². The van der Waals surface area contributed by atoms with Gasteiger partial charge in [0.15, 0.2) is 10.6 Å². The number of halogens is 1. The summed E-state index contributed by atoms with van der Waals surface area (Å²) in [5, 5.41) is 7.75. The van der Waals surface area contributed by atoms with Gasteiger partial charge in [-0.05, 0) is 61.6 Å². The fourth-order valence-electron chi connectivity index (χ4n) is 3.23. The fraction of sp³-hybridized carbons (Fsp3) is 0.318. The van der Waals surface area contributed by atoms with Crippen LogP contribution < -0.4 is 9.47 Å². The van der Waals surface area contributed by atoms with Crippen molar-refractivity contribution in [1.29, 1.82) is 0 Å². The number of nitrogens with one attached hydrogen (secondary N) is 1. The first-order valence-corrected chi connectivity index (χ1v) is 10.7. The molecule has 1 heterocycles. The largest absolute Gasteiger partial charge is 0.496 e. The minimum absolute atomic E-state index is 0.0252. The predicted octanol–water partition coefficient (Wildman–Crippen LogP) is 4.72. The maximum Gasteiger partial charge on any atom is 0.224 e. The van der Waals surface area contributed by atoms with Crippen LogP contribution in [0.2, 0.25) is 5.02 Å². The number of ether oxygens (including phenoxy) is 2. The molecule has 1 N–H and O–H groups in total. The van der Waals surface area contributed by atoms with Crippen molar-refractivity contribution in [2.45, 2.75) is 26.4 Å². The highest BCUT2D eigenvalue weighted by molar-refractivity contribution is 7.71. The van der Waals surface area contributed by atoms with Crippen LogP contribution in [0.3, 0.4) is 0 Å². The quantitative estimate of drug-likeness (QED) is 0.468. The molecule has 3 aromatic rings. The number of benzene rings is 2. The molecule has 0 unspecified atom stereocenters. The van der Waals surface area contributed by atoms with Gasteiger partial charge in [0.2, 0.25) is 5.91 Å². The van der Waals surface area contributed by atoms with Crippen LogP contribution in [0.4, 0.5) is 0 Å². The molecule has 1 aromatic heterocycles. The van der Waals surface area contributed by atoms with Crippen molar-refractivity contribution in [3.05, 3.63) is 57.8 Å². The van der Waals surface area contributed by atoms with Crippen LogP contribution in [0.5, 0.6) is 11.5 Å². The molecule has 0 spiro atoms. The second kappa shape index (κ2) is 10.5. The summed E-state index contributed by atoms with van der Waals surface area (Å²) in [4.78, 5) is 14.4. The molecule has 0 aliphatic carbocycles. The number of amides is 1. The summed E-state index contributed by atoms with van der Waals surface area (Å²) in [5.41, 5.74) is 1.74. The second-order valence-corrected chi connectivity index (χ2v) is 7.74. The number of aromatic amines is 1. The molecule has 0 fully saturated rings. The highest BCUT2D eigenvalue weighted by Crippen LogP contribution is 2.24. The van der Waals surface area contributed by atoms with Gasteiger partial charge in [0, 0.05) is 42.7 Å². The lowest BCUT2D eigenvalue weighted by Gasteiger charge is -2.19. The van der Waals surface area contributed by atoms with Gasteiger partial charge in [-0.15, -0.1) is 0 Å². The van der Waals surface area contributed by atoms with E-state index in [1.807, 2.05) is 35.8 Å². The molecular weight excluding hydrogens is 436 g/mol. The van der Waals surface area contributed by atoms with Crippen molar-refractivity contribution >= 4 is 29.7 Å². The molecule has 0 aliphatic heterocycles. The van der Waals surface area contributed by atoms with Gasteiger partial charge in [0.05, 0.1) is 13.7 Å². The second-order valence-electron chi connectivity index (χ2n) is 6.92. The topological polar surface area (TPSA) is 72.4 Å². The van der Waals surface area contributed by atoms with Crippen LogP contribution in [-0.4, -0.2) is 46.3 Å². The maximum atomic E-state index is 12.8. The van der Waals surface area contributed by atoms with Crippen LogP contribution in [-0.2, 0) is 17.9 Å². The van der Waals surface area contributed by atoms with E-state index in [2.05, 4.69) is 10.2 Å². The molecule has 2 aromatic carbocycles. The lowest BCUT2D eigenvalue weighted by molar-refractivity contribution is -0.130. The van der Waals surface area contributed by atoms with Crippen LogP contribution in [0.1, 0.15) is 18.9 Å². The van der Waals surface area contributed by atoms with Crippen molar-refractivity contribution in [3.63, 3.8) is 0 Å². The Labute approximate surface area is 191 Å². The molecule has 7 nitrogen and oxygen atoms in total. The number of carbonyl (C=O) groups is 1. The van der Waals surface area contributed by atoms with Gasteiger partial charge in [0.1, 0.15) is 11.5 Å². The van der Waals surface area contributed by atoms with E-state index in [0.717, 1.165) is 16.9 Å². The molecule has 3 rings (SSSR count). The van der Waals surface area contributed by atoms with Crippen molar-refractivity contribution in [2.75, 3.05) is 20.8 Å². The third kappa shape index (κ3) is 5.65. The average molecular weight is 461 g/mol. The summed E-state index contributed by atoms with van der Waals surface area (Å²) < 4.78 is 13.2. The zero-order chi connectivity index (χ0) is 22.4. The summed E-state index contributed by atoms with van der Waals surface area (Å²) in [7, 11) is 3.35. The molecule has 0 bridgehead atoms. The highest BCUT2D eigenvalue weighted by atomic mass is 35.5. The Balaban J connectivity index is 1.69. The van der Waals surface area contributed by atoms with Crippen molar-refractivity contribution in [1.82, 2.24) is 19.7 Å². The standard InChI is InChI=1S/C22H25ClN4O3S/c1-4-30-18-8-5-15(6-9-18)21-24-25-22(31)27(21)12-11-20(28)26(2)14-16-13-17(23)7-10-19(16)29-3/h5-10,13H,4,11-12,14H2,1-3H3,(H,25,31). The molecule has 0 aliphatic rings. The number of nitrogens with zero attached hydrogens (tertiary/aromatic N) is 3. The molecule has 164 valence electrons. The Morgan fingerprint density at radius 3 is 2.68 bits per heavy atom. The fourth-order valence-corrected chi connectivity index (χ4v) is 3.64. The van der Waals surface area contributed by atoms with E-state index in [-0.39, 0.29) is 12.3 Å². The first-order valence-electron chi connectivity index (χ1n) is 9.87. The molecule has 0 saturated heterocycles. The Kier molecular flexibility index (Phi) is 7.70. The number of H-pyrrole nitrogens is 1. The Morgan fingerprint density at radius 2 is 2.00 bits per heavy atom. The third-order valence-electron chi connectivity index (χ3n) is 4.81. The van der Waals surface area contributed by atoms with Gasteiger partial charge >= 0.3 is 0 Å². The number of carbonyl (C=O) groups excluding carboxylic acids is 1. The zero-order valence-corrected chi connectivity index (χ0v) is 19.3. The van der Waals surface area contributed by atoms with E-state index in [1.165, 1.54) is 0 Å². The highest BCUT2D eigenvalue weighted by Gasteiger charge is 2.15. The average Bonchev–Trinajstić information content (AvgIpc) is 3.13. The van der Waals surface area contributed by atoms with E-state index in [0.29, 0.717) is 41.1 Å². The minimum Gasteiger partial charge on any atom is -0.496 e. The summed E-state index contributed by atoms with van der Waals surface area (Å²) in [6.07, 6.45) is 0.275. The van der Waals surface area contributed by atoms with Gasteiger partial charge in [-0.2, -0.15) is 5.10 Å². The van der Waals surface area contributed by atoms with E-state index in [9.17, 15) is 4.79 Å². The number of aromatic nitrogens is 3. The van der Waals surface area contributed by atoms with Gasteiger partial charge < -0.3 is 14.4 Å². The van der Waals surface area contributed by atoms with Crippen LogP contribution in [0, 0.1) is 4.77 Å². The van der Waals surface area contributed by atoms with E-state index < -0.39 is 0 Å². The monoisotopic (exact) mass is 460 g/mol. The van der Waals surface area contributed by atoms with E-state index in [1.54, 1.807) is 37.3 Å². The molecule has 0 saturated carbocycles. The summed E-state index contributed by atoms with van der Waals surface area (Å²) in [6.45, 7) is 3.35. The molecule has 0 radical (unpaired) electrons. The predicted molar refractivity (Wildman–Crippen MR) is 123 cm³/mol. The summed E-state index contributed by atoms with van der Waals surface area (Å²) >= 11 is 11.5. The zero-order valence-electron chi connectivity index (χ0n) is 17.7. The van der Waals surface area contributed by atoms with Crippen LogP contribution in [0.25, 0.3) is 11.4 Å². The van der Waals surface area contributed by atoms with Crippen LogP contribution in [0.15, 0.2) is 42.5 Å². The first kappa shape index (κ1) is 22.8. The molecule has 1 amide bonds. The Morgan fingerprint density at radius 1 is 1.26 bits per heavy atom. The number of rotatable bonds is 9.